The van der Waals surface area contributed by atoms with Crippen molar-refractivity contribution >= 4 is 10.9 Å². The van der Waals surface area contributed by atoms with Gasteiger partial charge in [0, 0.05) is 17.1 Å². The first-order valence-electron chi connectivity index (χ1n) is 6.97. The molecule has 3 aromatic rings. The molecular formula is C18H17NO2. The predicted molar refractivity (Wildman–Crippen MR) is 83.2 cm³/mol. The molecular weight excluding hydrogens is 262 g/mol. The summed E-state index contributed by atoms with van der Waals surface area (Å²) in [5.74, 6) is 0.792. The lowest BCUT2D eigenvalue weighted by Crippen LogP contribution is -1.98. The monoisotopic (exact) mass is 279 g/mol. The Balaban J connectivity index is 1.77. The average Bonchev–Trinajstić information content (AvgIpc) is 2.53. The number of hydrogen-bond acceptors (Lipinski definition) is 3. The number of nitrogens with zero attached hydrogens (tertiary/aromatic N) is 1. The van der Waals surface area contributed by atoms with Crippen LogP contribution < -0.4 is 4.74 Å². The first-order chi connectivity index (χ1) is 10.2. The molecule has 0 aliphatic carbocycles. The van der Waals surface area contributed by atoms with Crippen molar-refractivity contribution in [2.45, 2.75) is 19.6 Å². The highest BCUT2D eigenvalue weighted by Gasteiger charge is 2.04. The minimum Gasteiger partial charge on any atom is -0.489 e. The summed E-state index contributed by atoms with van der Waals surface area (Å²) in [7, 11) is 0. The number of hydrogen-bond donors (Lipinski definition) is 1. The van der Waals surface area contributed by atoms with Crippen LogP contribution in [0.2, 0.25) is 0 Å². The number of aromatic nitrogens is 1. The maximum absolute atomic E-state index is 9.49. The van der Waals surface area contributed by atoms with Gasteiger partial charge in [0.1, 0.15) is 12.4 Å². The molecule has 1 atom stereocenters. The summed E-state index contributed by atoms with van der Waals surface area (Å²) in [6.45, 7) is 2.25. The lowest BCUT2D eigenvalue weighted by molar-refractivity contribution is 0.199. The number of fused-ring (bicyclic) bond motifs is 1. The summed E-state index contributed by atoms with van der Waals surface area (Å²) >= 11 is 0. The molecule has 1 heterocycles. The number of para-hydroxylation sites is 1. The van der Waals surface area contributed by atoms with Crippen molar-refractivity contribution in [2.75, 3.05) is 0 Å². The number of aliphatic hydroxyl groups excluding tert-OH is 1. The zero-order valence-electron chi connectivity index (χ0n) is 11.9. The third-order valence-electron chi connectivity index (χ3n) is 3.50. The first-order valence-corrected chi connectivity index (χ1v) is 6.97. The summed E-state index contributed by atoms with van der Waals surface area (Å²) in [5.41, 5.74) is 2.97. The van der Waals surface area contributed by atoms with Crippen LogP contribution in [0.15, 0.2) is 60.8 Å². The van der Waals surface area contributed by atoms with Gasteiger partial charge < -0.3 is 9.84 Å². The van der Waals surface area contributed by atoms with Crippen molar-refractivity contribution in [3.63, 3.8) is 0 Å². The van der Waals surface area contributed by atoms with E-state index in [1.807, 2.05) is 48.5 Å². The van der Waals surface area contributed by atoms with Gasteiger partial charge in [-0.2, -0.15) is 0 Å². The van der Waals surface area contributed by atoms with Crippen LogP contribution in [-0.2, 0) is 6.61 Å². The first kappa shape index (κ1) is 13.6. The van der Waals surface area contributed by atoms with Crippen LogP contribution in [0.4, 0.5) is 0 Å². The Morgan fingerprint density at radius 3 is 2.57 bits per heavy atom. The zero-order valence-corrected chi connectivity index (χ0v) is 11.9. The van der Waals surface area contributed by atoms with E-state index in [1.54, 1.807) is 13.1 Å². The second-order valence-corrected chi connectivity index (χ2v) is 5.02. The van der Waals surface area contributed by atoms with E-state index >= 15 is 0 Å². The van der Waals surface area contributed by atoms with E-state index in [0.29, 0.717) is 6.61 Å². The van der Waals surface area contributed by atoms with Gasteiger partial charge in [-0.25, -0.2) is 0 Å². The molecule has 3 heteroatoms. The van der Waals surface area contributed by atoms with Crippen LogP contribution in [0.5, 0.6) is 5.75 Å². The summed E-state index contributed by atoms with van der Waals surface area (Å²) in [5, 5.41) is 10.6. The van der Waals surface area contributed by atoms with Crippen LogP contribution in [0.3, 0.4) is 0 Å². The Labute approximate surface area is 123 Å². The van der Waals surface area contributed by atoms with E-state index in [0.717, 1.165) is 27.8 Å². The Bertz CT molecular complexity index is 730. The van der Waals surface area contributed by atoms with Gasteiger partial charge in [0.2, 0.25) is 0 Å². The fourth-order valence-electron chi connectivity index (χ4n) is 2.28. The Morgan fingerprint density at radius 2 is 1.81 bits per heavy atom. The van der Waals surface area contributed by atoms with Crippen molar-refractivity contribution in [3.05, 3.63) is 71.9 Å². The number of rotatable bonds is 4. The van der Waals surface area contributed by atoms with Gasteiger partial charge in [0.15, 0.2) is 0 Å². The minimum absolute atomic E-state index is 0.455. The molecule has 3 nitrogen and oxygen atoms in total. The molecule has 1 N–H and O–H groups in total. The Kier molecular flexibility index (Phi) is 3.84. The molecule has 106 valence electrons. The van der Waals surface area contributed by atoms with Gasteiger partial charge in [-0.05, 0) is 36.8 Å². The van der Waals surface area contributed by atoms with Crippen molar-refractivity contribution in [2.24, 2.45) is 0 Å². The van der Waals surface area contributed by atoms with Crippen molar-refractivity contribution in [3.8, 4) is 5.75 Å². The fraction of sp³-hybridized carbons (Fsp3) is 0.167. The van der Waals surface area contributed by atoms with E-state index in [4.69, 9.17) is 4.74 Å². The second kappa shape index (κ2) is 5.94. The highest BCUT2D eigenvalue weighted by atomic mass is 16.5. The average molecular weight is 279 g/mol. The quantitative estimate of drug-likeness (QED) is 0.788. The maximum Gasteiger partial charge on any atom is 0.119 e. The number of ether oxygens (including phenoxy) is 1. The Hall–Kier alpha value is -2.39. The van der Waals surface area contributed by atoms with Crippen molar-refractivity contribution < 1.29 is 9.84 Å². The molecule has 0 saturated carbocycles. The van der Waals surface area contributed by atoms with Gasteiger partial charge >= 0.3 is 0 Å². The van der Waals surface area contributed by atoms with E-state index in [9.17, 15) is 5.11 Å². The molecule has 0 radical (unpaired) electrons. The molecule has 0 aliphatic heterocycles. The molecule has 3 rings (SSSR count). The summed E-state index contributed by atoms with van der Waals surface area (Å²) < 4.78 is 5.83. The summed E-state index contributed by atoms with van der Waals surface area (Å²) in [6.07, 6.45) is 1.35. The summed E-state index contributed by atoms with van der Waals surface area (Å²) in [4.78, 5) is 4.34. The van der Waals surface area contributed by atoms with Crippen LogP contribution >= 0.6 is 0 Å². The molecule has 0 spiro atoms. The predicted octanol–water partition coefficient (Wildman–Crippen LogP) is 3.87. The smallest absolute Gasteiger partial charge is 0.119 e. The molecule has 2 aromatic carbocycles. The number of benzene rings is 2. The normalized spacial score (nSPS) is 12.3. The van der Waals surface area contributed by atoms with Crippen LogP contribution in [0.25, 0.3) is 10.9 Å². The van der Waals surface area contributed by atoms with Crippen LogP contribution in [0.1, 0.15) is 24.2 Å². The molecule has 0 fully saturated rings. The van der Waals surface area contributed by atoms with E-state index in [1.165, 1.54) is 0 Å². The van der Waals surface area contributed by atoms with Crippen LogP contribution in [0, 0.1) is 0 Å². The zero-order chi connectivity index (χ0) is 14.7. The fourth-order valence-corrected chi connectivity index (χ4v) is 2.28. The molecule has 0 saturated heterocycles. The van der Waals surface area contributed by atoms with Gasteiger partial charge in [-0.1, -0.05) is 30.3 Å². The molecule has 1 unspecified atom stereocenters. The maximum atomic E-state index is 9.49. The van der Waals surface area contributed by atoms with Crippen molar-refractivity contribution in [1.82, 2.24) is 4.98 Å². The second-order valence-electron chi connectivity index (χ2n) is 5.02. The summed E-state index contributed by atoms with van der Waals surface area (Å²) in [6, 6.07) is 17.5. The lowest BCUT2D eigenvalue weighted by atomic mass is 10.1. The highest BCUT2D eigenvalue weighted by Crippen LogP contribution is 2.21. The minimum atomic E-state index is -0.455. The number of pyridine rings is 1. The SMILES string of the molecule is CC(O)c1ccc(OCc2ccnc3ccccc23)cc1. The van der Waals surface area contributed by atoms with Crippen LogP contribution in [-0.4, -0.2) is 10.1 Å². The molecule has 0 amide bonds. The molecule has 1 aromatic heterocycles. The largest absolute Gasteiger partial charge is 0.489 e. The molecule has 0 bridgehead atoms. The number of aliphatic hydroxyl groups is 1. The third kappa shape index (κ3) is 3.03. The van der Waals surface area contributed by atoms with E-state index in [-0.39, 0.29) is 0 Å². The van der Waals surface area contributed by atoms with E-state index in [2.05, 4.69) is 11.1 Å². The van der Waals surface area contributed by atoms with Gasteiger partial charge in [0.05, 0.1) is 11.6 Å². The highest BCUT2D eigenvalue weighted by molar-refractivity contribution is 5.81. The standard InChI is InChI=1S/C18H17NO2/c1-13(20)14-6-8-16(9-7-14)21-12-15-10-11-19-18-5-3-2-4-17(15)18/h2-11,13,20H,12H2,1H3. The van der Waals surface area contributed by atoms with Crippen molar-refractivity contribution in [1.29, 1.82) is 0 Å². The van der Waals surface area contributed by atoms with Gasteiger partial charge in [-0.15, -0.1) is 0 Å². The van der Waals surface area contributed by atoms with Gasteiger partial charge in [-0.3, -0.25) is 4.98 Å². The topological polar surface area (TPSA) is 42.4 Å². The Morgan fingerprint density at radius 1 is 1.05 bits per heavy atom. The van der Waals surface area contributed by atoms with Gasteiger partial charge in [0.25, 0.3) is 0 Å². The molecule has 0 aliphatic rings. The van der Waals surface area contributed by atoms with E-state index < -0.39 is 6.10 Å². The third-order valence-corrected chi connectivity index (χ3v) is 3.50. The molecule has 21 heavy (non-hydrogen) atoms. The lowest BCUT2D eigenvalue weighted by Gasteiger charge is -2.10.